The summed E-state index contributed by atoms with van der Waals surface area (Å²) in [6.45, 7) is 3.25. The Morgan fingerprint density at radius 2 is 1.61 bits per heavy atom. The highest BCUT2D eigenvalue weighted by atomic mass is 35.5. The van der Waals surface area contributed by atoms with E-state index in [2.05, 4.69) is 6.07 Å². The van der Waals surface area contributed by atoms with Crippen LogP contribution in [0.15, 0.2) is 29.2 Å². The molecule has 28 heavy (non-hydrogen) atoms. The topological polar surface area (TPSA) is 59.3 Å². The van der Waals surface area contributed by atoms with Crippen molar-refractivity contribution in [2.75, 3.05) is 13.2 Å². The van der Waals surface area contributed by atoms with Gasteiger partial charge in [-0.1, -0.05) is 30.5 Å². The van der Waals surface area contributed by atoms with E-state index in [1.165, 1.54) is 0 Å². The fourth-order valence-corrected chi connectivity index (χ4v) is 7.73. The van der Waals surface area contributed by atoms with E-state index in [9.17, 15) is 9.47 Å². The first-order valence-corrected chi connectivity index (χ1v) is 11.9. The van der Waals surface area contributed by atoms with Gasteiger partial charge in [-0.15, -0.1) is 11.6 Å². The molecule has 1 aromatic rings. The first kappa shape index (κ1) is 20.3. The van der Waals surface area contributed by atoms with Crippen molar-refractivity contribution in [1.82, 2.24) is 0 Å². The van der Waals surface area contributed by atoms with Gasteiger partial charge in [0.25, 0.3) is 0 Å². The maximum absolute atomic E-state index is 13.5. The van der Waals surface area contributed by atoms with Crippen LogP contribution in [0.4, 0.5) is 0 Å². The molecular weight excluding hydrogens is 394 g/mol. The van der Waals surface area contributed by atoms with Crippen LogP contribution in [-0.4, -0.2) is 27.9 Å². The molecule has 0 bridgehead atoms. The van der Waals surface area contributed by atoms with Gasteiger partial charge in [-0.05, 0) is 44.7 Å². The predicted molar refractivity (Wildman–Crippen MR) is 109 cm³/mol. The number of halogens is 1. The standard InChI is InChI=1S/C22H28ClNO3S/c1-17-4-6-18(7-5-17)28(25)19(23)21(20(16-24)8-2-3-9-20)10-12-22(13-11-21)26-14-15-27-22/h4-7,19H,2-3,8-15H2,1H3. The third-order valence-electron chi connectivity index (χ3n) is 7.22. The Labute approximate surface area is 175 Å². The Balaban J connectivity index is 1.68. The lowest BCUT2D eigenvalue weighted by Gasteiger charge is -2.52. The number of hydrogen-bond donors (Lipinski definition) is 0. The maximum Gasteiger partial charge on any atom is 0.168 e. The summed E-state index contributed by atoms with van der Waals surface area (Å²) in [5.74, 6) is -0.527. The highest BCUT2D eigenvalue weighted by Crippen LogP contribution is 2.63. The molecule has 1 heterocycles. The van der Waals surface area contributed by atoms with E-state index >= 15 is 0 Å². The summed E-state index contributed by atoms with van der Waals surface area (Å²) >= 11 is 7.05. The van der Waals surface area contributed by atoms with Crippen molar-refractivity contribution in [2.45, 2.75) is 73.7 Å². The van der Waals surface area contributed by atoms with Crippen LogP contribution in [0.3, 0.4) is 0 Å². The fraction of sp³-hybridized carbons (Fsp3) is 0.682. The lowest BCUT2D eigenvalue weighted by Crippen LogP contribution is -2.53. The minimum atomic E-state index is -1.38. The van der Waals surface area contributed by atoms with Gasteiger partial charge in [-0.25, -0.2) is 0 Å². The van der Waals surface area contributed by atoms with Crippen molar-refractivity contribution < 1.29 is 13.7 Å². The second-order valence-corrected chi connectivity index (χ2v) is 10.8. The average molecular weight is 422 g/mol. The number of rotatable bonds is 4. The molecule has 2 unspecified atom stereocenters. The lowest BCUT2D eigenvalue weighted by molar-refractivity contribution is -0.198. The summed E-state index contributed by atoms with van der Waals surface area (Å²) in [5, 5.41) is 10.3. The molecule has 2 atom stereocenters. The van der Waals surface area contributed by atoms with Crippen LogP contribution < -0.4 is 0 Å². The minimum Gasteiger partial charge on any atom is -0.348 e. The van der Waals surface area contributed by atoms with Crippen LogP contribution in [0.25, 0.3) is 0 Å². The molecule has 2 saturated carbocycles. The van der Waals surface area contributed by atoms with Gasteiger partial charge in [0.2, 0.25) is 0 Å². The normalized spacial score (nSPS) is 27.3. The Bertz CT molecular complexity index is 766. The highest BCUT2D eigenvalue weighted by Gasteiger charge is 2.61. The minimum absolute atomic E-state index is 0.490. The van der Waals surface area contributed by atoms with Gasteiger partial charge in [-0.2, -0.15) is 5.26 Å². The van der Waals surface area contributed by atoms with Crippen molar-refractivity contribution in [3.63, 3.8) is 0 Å². The molecule has 6 heteroatoms. The van der Waals surface area contributed by atoms with E-state index in [4.69, 9.17) is 21.1 Å². The number of ether oxygens (including phenoxy) is 2. The zero-order valence-electron chi connectivity index (χ0n) is 16.4. The van der Waals surface area contributed by atoms with Gasteiger partial charge < -0.3 is 9.47 Å². The Hall–Kier alpha value is -0.930. The van der Waals surface area contributed by atoms with Crippen LogP contribution in [0, 0.1) is 29.1 Å². The van der Waals surface area contributed by atoms with Crippen molar-refractivity contribution in [2.24, 2.45) is 10.8 Å². The van der Waals surface area contributed by atoms with Gasteiger partial charge in [0.1, 0.15) is 4.71 Å². The monoisotopic (exact) mass is 421 g/mol. The van der Waals surface area contributed by atoms with Crippen LogP contribution in [0.2, 0.25) is 0 Å². The van der Waals surface area contributed by atoms with Crippen LogP contribution in [-0.2, 0) is 20.3 Å². The number of benzene rings is 1. The lowest BCUT2D eigenvalue weighted by atomic mass is 9.56. The molecule has 1 aliphatic heterocycles. The number of nitriles is 1. The maximum atomic E-state index is 13.5. The van der Waals surface area contributed by atoms with Crippen LogP contribution in [0.5, 0.6) is 0 Å². The van der Waals surface area contributed by atoms with Gasteiger partial charge in [0.05, 0.1) is 35.5 Å². The van der Waals surface area contributed by atoms with Crippen LogP contribution in [0.1, 0.15) is 56.9 Å². The molecule has 4 rings (SSSR count). The predicted octanol–water partition coefficient (Wildman–Crippen LogP) is 5.06. The third-order valence-corrected chi connectivity index (χ3v) is 9.68. The molecule has 0 N–H and O–H groups in total. The van der Waals surface area contributed by atoms with Crippen LogP contribution >= 0.6 is 11.6 Å². The molecule has 152 valence electrons. The highest BCUT2D eigenvalue weighted by molar-refractivity contribution is 7.87. The second kappa shape index (κ2) is 7.72. The smallest absolute Gasteiger partial charge is 0.168 e. The number of alkyl halides is 1. The van der Waals surface area contributed by atoms with Crippen molar-refractivity contribution in [3.8, 4) is 6.07 Å². The SMILES string of the molecule is Cc1ccc(S(=O)C(Cl)C2(C3(C#N)CCCC3)CCC3(CC2)OCCO3)cc1. The zero-order valence-corrected chi connectivity index (χ0v) is 18.0. The number of hydrogen-bond acceptors (Lipinski definition) is 4. The van der Waals surface area contributed by atoms with E-state index in [0.29, 0.717) is 38.9 Å². The number of nitrogens with zero attached hydrogens (tertiary/aromatic N) is 1. The van der Waals surface area contributed by atoms with Gasteiger partial charge in [-0.3, -0.25) is 4.21 Å². The van der Waals surface area contributed by atoms with Gasteiger partial charge >= 0.3 is 0 Å². The summed E-state index contributed by atoms with van der Waals surface area (Å²) in [6, 6.07) is 10.4. The Morgan fingerprint density at radius 3 is 2.14 bits per heavy atom. The molecule has 1 saturated heterocycles. The molecule has 3 aliphatic rings. The first-order valence-electron chi connectivity index (χ1n) is 10.3. The molecule has 3 fully saturated rings. The molecule has 0 radical (unpaired) electrons. The fourth-order valence-electron chi connectivity index (χ4n) is 5.48. The molecule has 1 aromatic carbocycles. The summed E-state index contributed by atoms with van der Waals surface area (Å²) in [7, 11) is -1.38. The third kappa shape index (κ3) is 3.23. The molecule has 4 nitrogen and oxygen atoms in total. The average Bonchev–Trinajstić information content (AvgIpc) is 3.39. The molecular formula is C22H28ClNO3S. The quantitative estimate of drug-likeness (QED) is 0.638. The van der Waals surface area contributed by atoms with E-state index in [0.717, 1.165) is 36.1 Å². The van der Waals surface area contributed by atoms with E-state index < -0.39 is 32.1 Å². The zero-order chi connectivity index (χ0) is 19.8. The summed E-state index contributed by atoms with van der Waals surface area (Å²) in [6.07, 6.45) is 6.61. The molecule has 1 spiro atoms. The number of aryl methyl sites for hydroxylation is 1. The van der Waals surface area contributed by atoms with Crippen molar-refractivity contribution in [3.05, 3.63) is 29.8 Å². The van der Waals surface area contributed by atoms with Gasteiger partial charge in [0, 0.05) is 23.2 Å². The first-order chi connectivity index (χ1) is 13.5. The molecule has 0 aromatic heterocycles. The van der Waals surface area contributed by atoms with Crippen molar-refractivity contribution >= 4 is 22.4 Å². The molecule has 0 amide bonds. The summed E-state index contributed by atoms with van der Waals surface area (Å²) in [4.78, 5) is 0.740. The van der Waals surface area contributed by atoms with E-state index in [-0.39, 0.29) is 0 Å². The summed E-state index contributed by atoms with van der Waals surface area (Å²) < 4.78 is 24.7. The summed E-state index contributed by atoms with van der Waals surface area (Å²) in [5.41, 5.74) is 0.122. The largest absolute Gasteiger partial charge is 0.348 e. The Morgan fingerprint density at radius 1 is 1.04 bits per heavy atom. The second-order valence-electron chi connectivity index (χ2n) is 8.59. The molecule has 2 aliphatic carbocycles. The van der Waals surface area contributed by atoms with Crippen molar-refractivity contribution in [1.29, 1.82) is 5.26 Å². The van der Waals surface area contributed by atoms with E-state index in [1.54, 1.807) is 0 Å². The van der Waals surface area contributed by atoms with Gasteiger partial charge in [0.15, 0.2) is 5.79 Å². The van der Waals surface area contributed by atoms with E-state index in [1.807, 2.05) is 31.2 Å². The Kier molecular flexibility index (Phi) is 5.61.